The van der Waals surface area contributed by atoms with Crippen LogP contribution in [-0.2, 0) is 12.8 Å². The lowest BCUT2D eigenvalue weighted by Crippen LogP contribution is -2.05. The van der Waals surface area contributed by atoms with Gasteiger partial charge in [-0.25, -0.2) is 0 Å². The van der Waals surface area contributed by atoms with Crippen molar-refractivity contribution in [2.75, 3.05) is 7.11 Å². The summed E-state index contributed by atoms with van der Waals surface area (Å²) in [6, 6.07) is 17.6. The van der Waals surface area contributed by atoms with Gasteiger partial charge in [-0.3, -0.25) is 4.79 Å². The molecule has 0 atom stereocenters. The number of aryl methyl sites for hydroxylation is 1. The van der Waals surface area contributed by atoms with Gasteiger partial charge in [0, 0.05) is 24.5 Å². The summed E-state index contributed by atoms with van der Waals surface area (Å²) < 4.78 is 5.27. The van der Waals surface area contributed by atoms with E-state index >= 15 is 0 Å². The van der Waals surface area contributed by atoms with Crippen molar-refractivity contribution in [3.63, 3.8) is 0 Å². The Morgan fingerprint density at radius 3 is 2.29 bits per heavy atom. The molecule has 0 heterocycles. The zero-order chi connectivity index (χ0) is 20.1. The number of hydrogen-bond donors (Lipinski definition) is 3. The number of hydrogen-bond acceptors (Lipinski definition) is 5. The number of ketones is 1. The topological polar surface area (TPSA) is 87.0 Å². The van der Waals surface area contributed by atoms with Gasteiger partial charge < -0.3 is 20.1 Å². The van der Waals surface area contributed by atoms with Crippen LogP contribution in [0.5, 0.6) is 23.0 Å². The van der Waals surface area contributed by atoms with E-state index in [9.17, 15) is 20.1 Å². The molecule has 0 aliphatic rings. The molecule has 0 aromatic heterocycles. The highest BCUT2D eigenvalue weighted by Gasteiger charge is 2.23. The highest BCUT2D eigenvalue weighted by Crippen LogP contribution is 2.40. The minimum atomic E-state index is -0.361. The molecule has 0 saturated carbocycles. The van der Waals surface area contributed by atoms with E-state index in [0.29, 0.717) is 17.5 Å². The van der Waals surface area contributed by atoms with Gasteiger partial charge >= 0.3 is 0 Å². The van der Waals surface area contributed by atoms with Gasteiger partial charge in [0.25, 0.3) is 0 Å². The summed E-state index contributed by atoms with van der Waals surface area (Å²) >= 11 is 0. The molecule has 3 aromatic rings. The molecule has 28 heavy (non-hydrogen) atoms. The SMILES string of the molecule is COc1cc(O)c(C(=O)CCc2ccccc2)c(O)c1Cc1ccccc1O. The molecule has 144 valence electrons. The first kappa shape index (κ1) is 19.3. The van der Waals surface area contributed by atoms with E-state index in [0.717, 1.165) is 5.56 Å². The molecule has 0 unspecified atom stereocenters. The fourth-order valence-corrected chi connectivity index (χ4v) is 3.18. The van der Waals surface area contributed by atoms with Crippen LogP contribution in [0.2, 0.25) is 0 Å². The summed E-state index contributed by atoms with van der Waals surface area (Å²) in [5, 5.41) is 31.1. The van der Waals surface area contributed by atoms with Crippen molar-refractivity contribution in [2.24, 2.45) is 0 Å². The van der Waals surface area contributed by atoms with Crippen molar-refractivity contribution in [2.45, 2.75) is 19.3 Å². The van der Waals surface area contributed by atoms with E-state index in [2.05, 4.69) is 0 Å². The maximum atomic E-state index is 12.7. The normalized spacial score (nSPS) is 10.6. The first-order chi connectivity index (χ1) is 13.5. The minimum absolute atomic E-state index is 0.0778. The number of benzene rings is 3. The molecule has 0 saturated heterocycles. The summed E-state index contributed by atoms with van der Waals surface area (Å²) in [5.74, 6) is -0.682. The lowest BCUT2D eigenvalue weighted by atomic mass is 9.95. The van der Waals surface area contributed by atoms with Crippen molar-refractivity contribution >= 4 is 5.78 Å². The van der Waals surface area contributed by atoms with Crippen LogP contribution >= 0.6 is 0 Å². The average Bonchev–Trinajstić information content (AvgIpc) is 2.70. The second-order valence-electron chi connectivity index (χ2n) is 6.51. The number of carbonyl (C=O) groups excluding carboxylic acids is 1. The van der Waals surface area contributed by atoms with Gasteiger partial charge in [0.1, 0.15) is 28.6 Å². The van der Waals surface area contributed by atoms with E-state index in [1.165, 1.54) is 13.2 Å². The number of phenols is 3. The Morgan fingerprint density at radius 2 is 1.61 bits per heavy atom. The number of rotatable bonds is 7. The molecule has 0 aliphatic carbocycles. The van der Waals surface area contributed by atoms with Gasteiger partial charge in [-0.05, 0) is 23.6 Å². The van der Waals surface area contributed by atoms with Crippen LogP contribution in [0.15, 0.2) is 60.7 Å². The number of carbonyl (C=O) groups is 1. The van der Waals surface area contributed by atoms with E-state index in [1.807, 2.05) is 30.3 Å². The van der Waals surface area contributed by atoms with E-state index in [4.69, 9.17) is 4.74 Å². The van der Waals surface area contributed by atoms with Gasteiger partial charge in [-0.15, -0.1) is 0 Å². The first-order valence-corrected chi connectivity index (χ1v) is 8.97. The smallest absolute Gasteiger partial charge is 0.170 e. The Morgan fingerprint density at radius 1 is 0.929 bits per heavy atom. The van der Waals surface area contributed by atoms with Crippen molar-refractivity contribution in [1.82, 2.24) is 0 Å². The lowest BCUT2D eigenvalue weighted by Gasteiger charge is -2.16. The van der Waals surface area contributed by atoms with E-state index < -0.39 is 0 Å². The Hall–Kier alpha value is -3.47. The van der Waals surface area contributed by atoms with Crippen LogP contribution in [0, 0.1) is 0 Å². The van der Waals surface area contributed by atoms with Crippen LogP contribution in [0.3, 0.4) is 0 Å². The highest BCUT2D eigenvalue weighted by molar-refractivity contribution is 6.02. The van der Waals surface area contributed by atoms with E-state index in [1.54, 1.807) is 24.3 Å². The fraction of sp³-hybridized carbons (Fsp3) is 0.174. The molecular weight excluding hydrogens is 356 g/mol. The molecule has 3 rings (SSSR count). The summed E-state index contributed by atoms with van der Waals surface area (Å²) in [7, 11) is 1.42. The van der Waals surface area contributed by atoms with Crippen LogP contribution in [0.1, 0.15) is 33.5 Å². The molecule has 5 nitrogen and oxygen atoms in total. The number of ether oxygens (including phenoxy) is 1. The average molecular weight is 378 g/mol. The quantitative estimate of drug-likeness (QED) is 0.536. The van der Waals surface area contributed by atoms with Gasteiger partial charge in [-0.2, -0.15) is 0 Å². The Balaban J connectivity index is 1.93. The van der Waals surface area contributed by atoms with Crippen LogP contribution in [0.25, 0.3) is 0 Å². The van der Waals surface area contributed by atoms with Gasteiger partial charge in [-0.1, -0.05) is 48.5 Å². The second-order valence-corrected chi connectivity index (χ2v) is 6.51. The van der Waals surface area contributed by atoms with Gasteiger partial charge in [0.15, 0.2) is 5.78 Å². The van der Waals surface area contributed by atoms with Crippen LogP contribution in [-0.4, -0.2) is 28.2 Å². The van der Waals surface area contributed by atoms with Crippen molar-refractivity contribution in [1.29, 1.82) is 0 Å². The van der Waals surface area contributed by atoms with Crippen molar-refractivity contribution in [3.8, 4) is 23.0 Å². The Bertz CT molecular complexity index is 980. The lowest BCUT2D eigenvalue weighted by molar-refractivity contribution is 0.0977. The predicted molar refractivity (Wildman–Crippen MR) is 106 cm³/mol. The van der Waals surface area contributed by atoms with Crippen molar-refractivity contribution in [3.05, 3.63) is 82.9 Å². The van der Waals surface area contributed by atoms with Gasteiger partial charge in [0.05, 0.1) is 7.11 Å². The summed E-state index contributed by atoms with van der Waals surface area (Å²) in [4.78, 5) is 12.7. The maximum Gasteiger partial charge on any atom is 0.170 e. The number of phenolic OH excluding ortho intramolecular Hbond substituents is 3. The molecule has 0 radical (unpaired) electrons. The number of methoxy groups -OCH3 is 1. The summed E-state index contributed by atoms with van der Waals surface area (Å²) in [6.45, 7) is 0. The molecule has 0 spiro atoms. The summed E-state index contributed by atoms with van der Waals surface area (Å²) in [6.07, 6.45) is 0.799. The Kier molecular flexibility index (Phi) is 5.84. The molecule has 0 aliphatic heterocycles. The fourth-order valence-electron chi connectivity index (χ4n) is 3.18. The number of Topliss-reactive ketones (excluding diaryl/α,β-unsaturated/α-hetero) is 1. The molecule has 5 heteroatoms. The monoisotopic (exact) mass is 378 g/mol. The largest absolute Gasteiger partial charge is 0.508 e. The number of aromatic hydroxyl groups is 3. The molecule has 3 N–H and O–H groups in total. The zero-order valence-electron chi connectivity index (χ0n) is 15.6. The van der Waals surface area contributed by atoms with E-state index in [-0.39, 0.29) is 47.2 Å². The highest BCUT2D eigenvalue weighted by atomic mass is 16.5. The summed E-state index contributed by atoms with van der Waals surface area (Å²) in [5.41, 5.74) is 1.79. The van der Waals surface area contributed by atoms with Crippen molar-refractivity contribution < 1.29 is 24.9 Å². The predicted octanol–water partition coefficient (Wildman–Crippen LogP) is 4.22. The standard InChI is InChI=1S/C23H22O5/c1-28-21-14-20(26)22(19(25)12-11-15-7-3-2-4-8-15)23(27)17(21)13-16-9-5-6-10-18(16)24/h2-10,14,24,26-27H,11-13H2,1H3. The third kappa shape index (κ3) is 4.09. The minimum Gasteiger partial charge on any atom is -0.508 e. The van der Waals surface area contributed by atoms with Crippen LogP contribution < -0.4 is 4.74 Å². The zero-order valence-corrected chi connectivity index (χ0v) is 15.6. The molecule has 0 bridgehead atoms. The van der Waals surface area contributed by atoms with Crippen LogP contribution in [0.4, 0.5) is 0 Å². The second kappa shape index (κ2) is 8.48. The van der Waals surface area contributed by atoms with Gasteiger partial charge in [0.2, 0.25) is 0 Å². The molecular formula is C23H22O5. The first-order valence-electron chi connectivity index (χ1n) is 8.97. The maximum absolute atomic E-state index is 12.7. The molecule has 0 amide bonds. The molecule has 0 fully saturated rings. The third-order valence-corrected chi connectivity index (χ3v) is 4.69. The third-order valence-electron chi connectivity index (χ3n) is 4.69. The molecule has 3 aromatic carbocycles. The number of para-hydroxylation sites is 1. The Labute approximate surface area is 163 Å².